The van der Waals surface area contributed by atoms with E-state index in [-0.39, 0.29) is 23.4 Å². The molecule has 8 heteroatoms. The Balaban J connectivity index is 1.73. The van der Waals surface area contributed by atoms with Crippen LogP contribution < -0.4 is 15.4 Å². The first-order valence-electron chi connectivity index (χ1n) is 11.4. The number of rotatable bonds is 4. The first-order chi connectivity index (χ1) is 16.9. The maximum atomic E-state index is 14.7. The second-order valence-corrected chi connectivity index (χ2v) is 9.07. The summed E-state index contributed by atoms with van der Waals surface area (Å²) < 4.78 is 19.9. The molecular formula is C27H24FN5O2. The van der Waals surface area contributed by atoms with Gasteiger partial charge in [-0.05, 0) is 66.1 Å². The van der Waals surface area contributed by atoms with Gasteiger partial charge in [-0.3, -0.25) is 4.98 Å². The Bertz CT molecular complexity index is 1390. The van der Waals surface area contributed by atoms with Crippen molar-refractivity contribution in [2.75, 3.05) is 18.6 Å². The first kappa shape index (κ1) is 22.6. The second kappa shape index (κ2) is 8.90. The number of nitrogens with two attached hydrogens (primary N) is 1. The van der Waals surface area contributed by atoms with Crippen LogP contribution in [-0.4, -0.2) is 35.8 Å². The number of phenolic OH excluding ortho intramolecular Hbond substituents is 1. The number of aromatic nitrogens is 1. The lowest BCUT2D eigenvalue weighted by Gasteiger charge is -2.49. The minimum absolute atomic E-state index is 0.0577. The standard InChI is InChI=1S/C27H24FN5O2/c1-31-26-25(16-3-4-17(12-29)21(28)9-16)20(15-6-8-24(35-2)23(34)10-15)13-32-27(26)33-14-18-5-7-19(33)11-22(18)30/h3-4,6,8-10,13,18-19,22,34H,5,7,11,14,30H2,2H3. The third-order valence-electron chi connectivity index (χ3n) is 7.18. The summed E-state index contributed by atoms with van der Waals surface area (Å²) in [5.74, 6) is 0.496. The smallest absolute Gasteiger partial charge is 0.236 e. The molecule has 35 heavy (non-hydrogen) atoms. The van der Waals surface area contributed by atoms with E-state index in [4.69, 9.17) is 22.0 Å². The molecule has 2 aliphatic heterocycles. The molecule has 3 aromatic rings. The molecule has 7 nitrogen and oxygen atoms in total. The van der Waals surface area contributed by atoms with E-state index < -0.39 is 5.82 Å². The van der Waals surface area contributed by atoms with Crippen LogP contribution >= 0.6 is 0 Å². The van der Waals surface area contributed by atoms with Crippen molar-refractivity contribution in [2.45, 2.75) is 31.3 Å². The summed E-state index contributed by atoms with van der Waals surface area (Å²) in [6.45, 7) is 8.81. The molecule has 3 unspecified atom stereocenters. The molecule has 176 valence electrons. The lowest BCUT2D eigenvalue weighted by molar-refractivity contribution is 0.216. The number of ether oxygens (including phenoxy) is 1. The molecule has 1 aromatic heterocycles. The Morgan fingerprint density at radius 2 is 2.06 bits per heavy atom. The number of benzene rings is 2. The molecule has 3 fully saturated rings. The van der Waals surface area contributed by atoms with E-state index in [1.807, 2.05) is 6.07 Å². The molecule has 1 saturated carbocycles. The number of pyridine rings is 1. The molecular weight excluding hydrogens is 445 g/mol. The number of fused-ring (bicyclic) bond motifs is 3. The fourth-order valence-electron chi connectivity index (χ4n) is 5.35. The fraction of sp³-hybridized carbons (Fsp3) is 0.296. The predicted molar refractivity (Wildman–Crippen MR) is 131 cm³/mol. The Hall–Kier alpha value is -4.14. The van der Waals surface area contributed by atoms with E-state index in [2.05, 4.69) is 9.74 Å². The van der Waals surface area contributed by atoms with Gasteiger partial charge >= 0.3 is 0 Å². The second-order valence-electron chi connectivity index (χ2n) is 9.07. The van der Waals surface area contributed by atoms with Crippen molar-refractivity contribution in [1.82, 2.24) is 4.98 Å². The maximum absolute atomic E-state index is 14.7. The number of hydrogen-bond acceptors (Lipinski definition) is 6. The zero-order valence-corrected chi connectivity index (χ0v) is 19.2. The molecule has 2 aromatic carbocycles. The number of phenols is 1. The number of methoxy groups -OCH3 is 1. The summed E-state index contributed by atoms with van der Waals surface area (Å²) in [5, 5.41) is 19.6. The number of anilines is 1. The molecule has 1 aliphatic carbocycles. The molecule has 2 saturated heterocycles. The van der Waals surface area contributed by atoms with E-state index in [9.17, 15) is 14.8 Å². The zero-order chi connectivity index (χ0) is 24.7. The molecule has 3 atom stereocenters. The Labute approximate surface area is 203 Å². The van der Waals surface area contributed by atoms with Crippen LogP contribution in [0.2, 0.25) is 0 Å². The van der Waals surface area contributed by atoms with Crippen molar-refractivity contribution in [3.8, 4) is 39.8 Å². The first-order valence-corrected chi connectivity index (χ1v) is 11.4. The minimum Gasteiger partial charge on any atom is -0.504 e. The highest BCUT2D eigenvalue weighted by Crippen LogP contribution is 2.48. The quantitative estimate of drug-likeness (QED) is 0.521. The highest BCUT2D eigenvalue weighted by Gasteiger charge is 2.40. The van der Waals surface area contributed by atoms with Crippen LogP contribution in [0.3, 0.4) is 0 Å². The van der Waals surface area contributed by atoms with E-state index in [1.165, 1.54) is 25.3 Å². The number of aromatic hydroxyl groups is 1. The van der Waals surface area contributed by atoms with Gasteiger partial charge in [-0.2, -0.15) is 5.26 Å². The fourth-order valence-corrected chi connectivity index (χ4v) is 5.35. The van der Waals surface area contributed by atoms with E-state index >= 15 is 0 Å². The van der Waals surface area contributed by atoms with Gasteiger partial charge in [0.2, 0.25) is 5.69 Å². The lowest BCUT2D eigenvalue weighted by Crippen LogP contribution is -2.57. The van der Waals surface area contributed by atoms with Gasteiger partial charge in [-0.25, -0.2) is 9.24 Å². The zero-order valence-electron chi connectivity index (χ0n) is 19.2. The van der Waals surface area contributed by atoms with Gasteiger partial charge in [0.25, 0.3) is 0 Å². The van der Waals surface area contributed by atoms with Crippen LogP contribution in [0.25, 0.3) is 27.1 Å². The van der Waals surface area contributed by atoms with Gasteiger partial charge in [0.1, 0.15) is 17.7 Å². The maximum Gasteiger partial charge on any atom is 0.236 e. The normalized spacial score (nSPS) is 20.8. The van der Waals surface area contributed by atoms with Gasteiger partial charge in [0.15, 0.2) is 11.5 Å². The summed E-state index contributed by atoms with van der Waals surface area (Å²) in [6, 6.07) is 11.4. The Kier molecular flexibility index (Phi) is 5.76. The lowest BCUT2D eigenvalue weighted by atomic mass is 9.76. The Morgan fingerprint density at radius 3 is 2.66 bits per heavy atom. The SMILES string of the molecule is [C-]#[N+]c1c(N2CC3CCC2CC3N)ncc(-c2ccc(OC)c(O)c2)c1-c1ccc(C#N)c(F)c1. The van der Waals surface area contributed by atoms with Crippen molar-refractivity contribution in [1.29, 1.82) is 5.26 Å². The summed E-state index contributed by atoms with van der Waals surface area (Å²) in [7, 11) is 1.46. The van der Waals surface area contributed by atoms with Gasteiger partial charge < -0.3 is 20.5 Å². The molecule has 3 heterocycles. The van der Waals surface area contributed by atoms with Crippen molar-refractivity contribution >= 4 is 11.5 Å². The molecule has 0 radical (unpaired) electrons. The average molecular weight is 470 g/mol. The van der Waals surface area contributed by atoms with Gasteiger partial charge in [0, 0.05) is 30.4 Å². The van der Waals surface area contributed by atoms with Gasteiger partial charge in [-0.1, -0.05) is 12.1 Å². The van der Waals surface area contributed by atoms with Crippen LogP contribution in [0.15, 0.2) is 42.6 Å². The van der Waals surface area contributed by atoms with E-state index in [0.29, 0.717) is 45.4 Å². The highest BCUT2D eigenvalue weighted by atomic mass is 19.1. The number of halogens is 1. The highest BCUT2D eigenvalue weighted by molar-refractivity contribution is 5.97. The van der Waals surface area contributed by atoms with Crippen LogP contribution in [0.1, 0.15) is 24.8 Å². The van der Waals surface area contributed by atoms with E-state index in [0.717, 1.165) is 25.8 Å². The molecule has 0 amide bonds. The third kappa shape index (κ3) is 3.82. The summed E-state index contributed by atoms with van der Waals surface area (Å²) in [6.07, 6.45) is 4.57. The van der Waals surface area contributed by atoms with Crippen molar-refractivity contribution < 1.29 is 14.2 Å². The number of nitriles is 1. The number of nitrogens with zero attached hydrogens (tertiary/aromatic N) is 4. The Morgan fingerprint density at radius 1 is 1.26 bits per heavy atom. The topological polar surface area (TPSA) is 99.8 Å². The van der Waals surface area contributed by atoms with Crippen molar-refractivity contribution in [3.05, 3.63) is 65.4 Å². The van der Waals surface area contributed by atoms with Gasteiger partial charge in [0.05, 0.1) is 19.2 Å². The summed E-state index contributed by atoms with van der Waals surface area (Å²) >= 11 is 0. The van der Waals surface area contributed by atoms with Crippen molar-refractivity contribution in [2.24, 2.45) is 11.7 Å². The molecule has 3 N–H and O–H groups in total. The minimum atomic E-state index is -0.661. The van der Waals surface area contributed by atoms with Gasteiger partial charge in [-0.15, -0.1) is 0 Å². The molecule has 6 rings (SSSR count). The summed E-state index contributed by atoms with van der Waals surface area (Å²) in [4.78, 5) is 10.8. The molecule has 3 aliphatic rings. The number of hydrogen-bond donors (Lipinski definition) is 2. The van der Waals surface area contributed by atoms with Crippen LogP contribution in [0, 0.1) is 29.6 Å². The van der Waals surface area contributed by atoms with Crippen LogP contribution in [0.5, 0.6) is 11.5 Å². The van der Waals surface area contributed by atoms with Crippen LogP contribution in [-0.2, 0) is 0 Å². The summed E-state index contributed by atoms with van der Waals surface area (Å²) in [5.41, 5.74) is 8.70. The molecule has 2 bridgehead atoms. The van der Waals surface area contributed by atoms with Crippen LogP contribution in [0.4, 0.5) is 15.9 Å². The monoisotopic (exact) mass is 469 g/mol. The average Bonchev–Trinajstić information content (AvgIpc) is 2.88. The largest absolute Gasteiger partial charge is 0.504 e. The predicted octanol–water partition coefficient (Wildman–Crippen LogP) is 5.01. The molecule has 0 spiro atoms. The van der Waals surface area contributed by atoms with Crippen molar-refractivity contribution in [3.63, 3.8) is 0 Å². The third-order valence-corrected chi connectivity index (χ3v) is 7.18. The number of piperidine rings is 2. The van der Waals surface area contributed by atoms with E-state index in [1.54, 1.807) is 24.4 Å².